The predicted molar refractivity (Wildman–Crippen MR) is 132 cm³/mol. The van der Waals surface area contributed by atoms with E-state index < -0.39 is 17.5 Å². The number of halogens is 1. The Labute approximate surface area is 207 Å². The topological polar surface area (TPSA) is 106 Å². The Morgan fingerprint density at radius 3 is 2.42 bits per heavy atom. The third-order valence-electron chi connectivity index (χ3n) is 6.18. The van der Waals surface area contributed by atoms with E-state index in [1.54, 1.807) is 36.1 Å². The smallest absolute Gasteiger partial charge is 0.261 e. The second-order valence-electron chi connectivity index (χ2n) is 8.45. The van der Waals surface area contributed by atoms with Gasteiger partial charge < -0.3 is 24.6 Å². The molecule has 0 radical (unpaired) electrons. The summed E-state index contributed by atoms with van der Waals surface area (Å²) in [5.74, 6) is -0.217. The van der Waals surface area contributed by atoms with Crippen LogP contribution in [0.15, 0.2) is 47.5 Å². The van der Waals surface area contributed by atoms with Crippen LogP contribution in [0.1, 0.15) is 6.92 Å². The summed E-state index contributed by atoms with van der Waals surface area (Å²) in [6, 6.07) is 8.86. The number of ether oxygens (including phenoxy) is 2. The second-order valence-corrected chi connectivity index (χ2v) is 8.45. The summed E-state index contributed by atoms with van der Waals surface area (Å²) in [5, 5.41) is 2.94. The fraction of sp³-hybridized carbons (Fsp3) is 0.360. The highest BCUT2D eigenvalue weighted by atomic mass is 19.1. The Morgan fingerprint density at radius 1 is 1.08 bits per heavy atom. The van der Waals surface area contributed by atoms with E-state index in [1.807, 2.05) is 4.90 Å². The Bertz CT molecular complexity index is 1340. The van der Waals surface area contributed by atoms with Gasteiger partial charge in [0.15, 0.2) is 11.5 Å². The van der Waals surface area contributed by atoms with Crippen LogP contribution in [0.2, 0.25) is 0 Å². The first-order valence-electron chi connectivity index (χ1n) is 11.5. The van der Waals surface area contributed by atoms with Crippen molar-refractivity contribution in [2.45, 2.75) is 19.5 Å². The van der Waals surface area contributed by atoms with Crippen molar-refractivity contribution in [2.24, 2.45) is 0 Å². The van der Waals surface area contributed by atoms with Gasteiger partial charge in [0.2, 0.25) is 11.8 Å². The number of hydrogen-bond donors (Lipinski definition) is 1. The monoisotopic (exact) mass is 497 g/mol. The summed E-state index contributed by atoms with van der Waals surface area (Å²) < 4.78 is 25.7. The summed E-state index contributed by atoms with van der Waals surface area (Å²) in [4.78, 5) is 46.2. The highest BCUT2D eigenvalue weighted by molar-refractivity contribution is 5.87. The van der Waals surface area contributed by atoms with E-state index in [-0.39, 0.29) is 23.7 Å². The Morgan fingerprint density at radius 2 is 1.75 bits per heavy atom. The highest BCUT2D eigenvalue weighted by Crippen LogP contribution is 2.29. The van der Waals surface area contributed by atoms with Crippen molar-refractivity contribution in [1.29, 1.82) is 0 Å². The number of carbonyl (C=O) groups is 2. The number of methoxy groups -OCH3 is 2. The summed E-state index contributed by atoms with van der Waals surface area (Å²) in [6.45, 7) is 3.09. The summed E-state index contributed by atoms with van der Waals surface area (Å²) >= 11 is 0. The fourth-order valence-corrected chi connectivity index (χ4v) is 4.25. The van der Waals surface area contributed by atoms with Crippen LogP contribution in [0.5, 0.6) is 11.5 Å². The molecule has 11 heteroatoms. The van der Waals surface area contributed by atoms with E-state index in [2.05, 4.69) is 10.3 Å². The van der Waals surface area contributed by atoms with Gasteiger partial charge in [0.05, 0.1) is 37.1 Å². The first-order chi connectivity index (χ1) is 17.3. The zero-order valence-electron chi connectivity index (χ0n) is 20.4. The number of nitrogens with one attached hydrogen (secondary N) is 1. The van der Waals surface area contributed by atoms with Gasteiger partial charge in [-0.2, -0.15) is 0 Å². The summed E-state index contributed by atoms with van der Waals surface area (Å²) in [5.41, 5.74) is 0.503. The van der Waals surface area contributed by atoms with E-state index in [0.717, 1.165) is 0 Å². The van der Waals surface area contributed by atoms with Crippen molar-refractivity contribution in [3.8, 4) is 11.5 Å². The van der Waals surface area contributed by atoms with Gasteiger partial charge in [0.25, 0.3) is 5.56 Å². The lowest BCUT2D eigenvalue weighted by Crippen LogP contribution is -2.54. The first-order valence-corrected chi connectivity index (χ1v) is 11.5. The maximum atomic E-state index is 14.1. The van der Waals surface area contributed by atoms with Crippen LogP contribution in [0, 0.1) is 5.82 Å². The van der Waals surface area contributed by atoms with Crippen LogP contribution in [-0.2, 0) is 16.1 Å². The molecule has 0 unspecified atom stereocenters. The summed E-state index contributed by atoms with van der Waals surface area (Å²) in [7, 11) is 2.95. The number of nitrogens with zero attached hydrogens (tertiary/aromatic N) is 4. The molecule has 10 nitrogen and oxygen atoms in total. The van der Waals surface area contributed by atoms with Crippen LogP contribution in [0.4, 0.5) is 10.1 Å². The van der Waals surface area contributed by atoms with Crippen molar-refractivity contribution in [3.63, 3.8) is 0 Å². The molecule has 2 amide bonds. The van der Waals surface area contributed by atoms with Crippen LogP contribution in [-0.4, -0.2) is 72.7 Å². The Hall–Kier alpha value is -4.15. The molecule has 1 N–H and O–H groups in total. The molecule has 1 fully saturated rings. The quantitative estimate of drug-likeness (QED) is 0.526. The first kappa shape index (κ1) is 25.0. The van der Waals surface area contributed by atoms with E-state index in [1.165, 1.54) is 37.2 Å². The number of benzene rings is 2. The Balaban J connectivity index is 1.37. The van der Waals surface area contributed by atoms with E-state index in [0.29, 0.717) is 48.9 Å². The van der Waals surface area contributed by atoms with Crippen molar-refractivity contribution < 1.29 is 23.5 Å². The molecule has 1 saturated heterocycles. The molecule has 1 aliphatic heterocycles. The molecule has 0 bridgehead atoms. The zero-order chi connectivity index (χ0) is 25.8. The molecule has 0 aliphatic carbocycles. The van der Waals surface area contributed by atoms with Gasteiger partial charge in [-0.05, 0) is 25.1 Å². The minimum Gasteiger partial charge on any atom is -0.493 e. The predicted octanol–water partition coefficient (Wildman–Crippen LogP) is 1.41. The van der Waals surface area contributed by atoms with Gasteiger partial charge in [-0.15, -0.1) is 0 Å². The average molecular weight is 498 g/mol. The van der Waals surface area contributed by atoms with Gasteiger partial charge >= 0.3 is 0 Å². The lowest BCUT2D eigenvalue weighted by atomic mass is 10.2. The number of rotatable bonds is 7. The van der Waals surface area contributed by atoms with E-state index in [9.17, 15) is 18.8 Å². The number of anilines is 1. The van der Waals surface area contributed by atoms with Gasteiger partial charge in [-0.25, -0.2) is 9.37 Å². The molecule has 0 saturated carbocycles. The number of amides is 2. The average Bonchev–Trinajstić information content (AvgIpc) is 2.89. The van der Waals surface area contributed by atoms with E-state index in [4.69, 9.17) is 9.47 Å². The molecule has 1 aliphatic rings. The number of fused-ring (bicyclic) bond motifs is 1. The van der Waals surface area contributed by atoms with E-state index >= 15 is 0 Å². The van der Waals surface area contributed by atoms with Gasteiger partial charge in [-0.1, -0.05) is 12.1 Å². The van der Waals surface area contributed by atoms with Crippen molar-refractivity contribution in [2.75, 3.05) is 45.3 Å². The highest BCUT2D eigenvalue weighted by Gasteiger charge is 2.27. The third-order valence-corrected chi connectivity index (χ3v) is 6.18. The normalized spacial score (nSPS) is 14.4. The molecule has 0 spiro atoms. The molecular weight excluding hydrogens is 469 g/mol. The maximum Gasteiger partial charge on any atom is 0.261 e. The van der Waals surface area contributed by atoms with Crippen molar-refractivity contribution >= 4 is 28.4 Å². The molecule has 3 aromatic rings. The minimum atomic E-state index is -0.786. The van der Waals surface area contributed by atoms with Crippen LogP contribution in [0.3, 0.4) is 0 Å². The number of aromatic nitrogens is 2. The number of piperazine rings is 1. The second kappa shape index (κ2) is 10.6. The lowest BCUT2D eigenvalue weighted by Gasteiger charge is -2.37. The molecule has 36 heavy (non-hydrogen) atoms. The van der Waals surface area contributed by atoms with Gasteiger partial charge in [0.1, 0.15) is 18.4 Å². The molecule has 2 aromatic carbocycles. The summed E-state index contributed by atoms with van der Waals surface area (Å²) in [6.07, 6.45) is 1.28. The van der Waals surface area contributed by atoms with Crippen molar-refractivity contribution in [3.05, 3.63) is 58.9 Å². The lowest BCUT2D eigenvalue weighted by molar-refractivity contribution is -0.136. The maximum absolute atomic E-state index is 14.1. The molecular formula is C25H28FN5O5. The largest absolute Gasteiger partial charge is 0.493 e. The molecule has 1 aromatic heterocycles. The van der Waals surface area contributed by atoms with Gasteiger partial charge in [0, 0.05) is 32.2 Å². The standard InChI is InChI=1S/C25H28FN5O5/c1-16(24(33)30-10-8-29(9-11-30)20-7-5-4-6-18(20)26)28-23(32)14-31-15-27-19-13-22(36-3)21(35-2)12-17(19)25(31)34/h4-7,12-13,15-16H,8-11,14H2,1-3H3,(H,28,32)/t16-/m0/s1. The zero-order valence-corrected chi connectivity index (χ0v) is 20.4. The Kier molecular flexibility index (Phi) is 7.37. The molecule has 2 heterocycles. The minimum absolute atomic E-state index is 0.239. The molecule has 4 rings (SSSR count). The number of para-hydroxylation sites is 1. The fourth-order valence-electron chi connectivity index (χ4n) is 4.25. The molecule has 1 atom stereocenters. The molecule has 190 valence electrons. The van der Waals surface area contributed by atoms with Crippen molar-refractivity contribution in [1.82, 2.24) is 19.8 Å². The SMILES string of the molecule is COc1cc2ncn(CC(=O)N[C@@H](C)C(=O)N3CCN(c4ccccc4F)CC3)c(=O)c2cc1OC. The number of carbonyl (C=O) groups excluding carboxylic acids is 2. The third kappa shape index (κ3) is 5.09. The van der Waals surface area contributed by atoms with Crippen LogP contribution >= 0.6 is 0 Å². The van der Waals surface area contributed by atoms with Crippen LogP contribution < -0.4 is 25.2 Å². The van der Waals surface area contributed by atoms with Gasteiger partial charge in [-0.3, -0.25) is 19.0 Å². The van der Waals surface area contributed by atoms with Crippen LogP contribution in [0.25, 0.3) is 10.9 Å². The number of hydrogen-bond acceptors (Lipinski definition) is 7.